The fourth-order valence-corrected chi connectivity index (χ4v) is 4.37. The first kappa shape index (κ1) is 23.1. The number of aromatic nitrogens is 1. The monoisotopic (exact) mass is 461 g/mol. The number of nitrogens with zero attached hydrogens (tertiary/aromatic N) is 3. The van der Waals surface area contributed by atoms with Crippen LogP contribution in [-0.2, 0) is 0 Å². The summed E-state index contributed by atoms with van der Waals surface area (Å²) in [7, 11) is 1.53. The summed E-state index contributed by atoms with van der Waals surface area (Å²) >= 11 is 0. The van der Waals surface area contributed by atoms with Gasteiger partial charge in [0.05, 0.1) is 23.9 Å². The molecule has 2 heterocycles. The number of hydrogen-bond donors (Lipinski definition) is 1. The van der Waals surface area contributed by atoms with E-state index in [0.717, 1.165) is 11.4 Å². The maximum absolute atomic E-state index is 13.3. The summed E-state index contributed by atoms with van der Waals surface area (Å²) in [5, 5.41) is 9.68. The topological polar surface area (TPSA) is 92.1 Å². The summed E-state index contributed by atoms with van der Waals surface area (Å²) in [4.78, 5) is 41.5. The molecule has 8 nitrogen and oxygen atoms in total. The van der Waals surface area contributed by atoms with Crippen molar-refractivity contribution >= 4 is 17.8 Å². The number of aryl methyl sites for hydroxylation is 2. The van der Waals surface area contributed by atoms with E-state index in [1.165, 1.54) is 13.2 Å². The quantitative estimate of drug-likeness (QED) is 0.629. The van der Waals surface area contributed by atoms with Crippen molar-refractivity contribution in [1.82, 2.24) is 14.4 Å². The lowest BCUT2D eigenvalue weighted by atomic mass is 10.1. The second-order valence-electron chi connectivity index (χ2n) is 8.27. The van der Waals surface area contributed by atoms with Gasteiger partial charge in [-0.2, -0.15) is 0 Å². The molecule has 3 aromatic rings. The number of carboxylic acid groups (broad SMARTS) is 1. The van der Waals surface area contributed by atoms with E-state index in [1.54, 1.807) is 40.1 Å². The van der Waals surface area contributed by atoms with Crippen LogP contribution in [0.4, 0.5) is 0 Å². The fourth-order valence-electron chi connectivity index (χ4n) is 4.37. The SMILES string of the molecule is COc1ccccc1C(=O)N1CCN(C(=O)c2ccc(C(=O)O)c(-n3c(C)ccc3C)c2)CC1. The van der Waals surface area contributed by atoms with Crippen molar-refractivity contribution in [2.75, 3.05) is 33.3 Å². The molecule has 0 bridgehead atoms. The molecule has 0 atom stereocenters. The van der Waals surface area contributed by atoms with Gasteiger partial charge in [0.15, 0.2) is 0 Å². The van der Waals surface area contributed by atoms with Gasteiger partial charge < -0.3 is 24.2 Å². The van der Waals surface area contributed by atoms with Crippen molar-refractivity contribution in [3.63, 3.8) is 0 Å². The van der Waals surface area contributed by atoms with Crippen LogP contribution in [0.3, 0.4) is 0 Å². The number of benzene rings is 2. The Bertz CT molecular complexity index is 1240. The molecule has 0 unspecified atom stereocenters. The predicted octanol–water partition coefficient (Wildman–Crippen LogP) is 3.40. The highest BCUT2D eigenvalue weighted by molar-refractivity contribution is 5.99. The molecule has 0 aliphatic carbocycles. The maximum atomic E-state index is 13.3. The Hall–Kier alpha value is -4.07. The van der Waals surface area contributed by atoms with E-state index in [2.05, 4.69) is 0 Å². The lowest BCUT2D eigenvalue weighted by molar-refractivity contribution is 0.0533. The predicted molar refractivity (Wildman–Crippen MR) is 127 cm³/mol. The Balaban J connectivity index is 1.53. The van der Waals surface area contributed by atoms with Gasteiger partial charge in [-0.3, -0.25) is 9.59 Å². The summed E-state index contributed by atoms with van der Waals surface area (Å²) in [5.74, 6) is -0.848. The number of para-hydroxylation sites is 1. The van der Waals surface area contributed by atoms with Crippen LogP contribution in [-0.4, -0.2) is 70.5 Å². The average Bonchev–Trinajstić information content (AvgIpc) is 3.20. The number of carbonyl (C=O) groups is 3. The Kier molecular flexibility index (Phi) is 6.40. The van der Waals surface area contributed by atoms with Crippen molar-refractivity contribution in [3.05, 3.63) is 82.7 Å². The van der Waals surface area contributed by atoms with Gasteiger partial charge in [-0.05, 0) is 56.3 Å². The molecule has 176 valence electrons. The molecule has 0 saturated carbocycles. The Morgan fingerprint density at radius 2 is 1.38 bits per heavy atom. The lowest BCUT2D eigenvalue weighted by Crippen LogP contribution is -2.50. The molecule has 0 spiro atoms. The molecule has 1 aliphatic rings. The smallest absolute Gasteiger partial charge is 0.337 e. The number of amides is 2. The zero-order chi connectivity index (χ0) is 24.4. The highest BCUT2D eigenvalue weighted by atomic mass is 16.5. The van der Waals surface area contributed by atoms with Crippen LogP contribution < -0.4 is 4.74 Å². The van der Waals surface area contributed by atoms with Gasteiger partial charge in [0.2, 0.25) is 0 Å². The number of aromatic carboxylic acids is 1. The Morgan fingerprint density at radius 1 is 0.794 bits per heavy atom. The Morgan fingerprint density at radius 3 is 1.97 bits per heavy atom. The van der Waals surface area contributed by atoms with Gasteiger partial charge in [0.1, 0.15) is 5.75 Å². The zero-order valence-corrected chi connectivity index (χ0v) is 19.4. The average molecular weight is 462 g/mol. The van der Waals surface area contributed by atoms with Crippen LogP contribution >= 0.6 is 0 Å². The van der Waals surface area contributed by atoms with Crippen molar-refractivity contribution < 1.29 is 24.2 Å². The van der Waals surface area contributed by atoms with Gasteiger partial charge in [-0.15, -0.1) is 0 Å². The lowest BCUT2D eigenvalue weighted by Gasteiger charge is -2.35. The minimum atomic E-state index is -1.05. The summed E-state index contributed by atoms with van der Waals surface area (Å²) in [6.07, 6.45) is 0. The van der Waals surface area contributed by atoms with E-state index in [-0.39, 0.29) is 17.4 Å². The van der Waals surface area contributed by atoms with E-state index in [4.69, 9.17) is 4.74 Å². The van der Waals surface area contributed by atoms with E-state index >= 15 is 0 Å². The minimum absolute atomic E-state index is 0.129. The first-order chi connectivity index (χ1) is 16.3. The Labute approximate surface area is 198 Å². The van der Waals surface area contributed by atoms with Gasteiger partial charge in [-0.25, -0.2) is 4.79 Å². The molecule has 2 aromatic carbocycles. The summed E-state index contributed by atoms with van der Waals surface area (Å²) in [5.41, 5.74) is 3.27. The first-order valence-corrected chi connectivity index (χ1v) is 11.1. The van der Waals surface area contributed by atoms with Crippen LogP contribution in [0.2, 0.25) is 0 Å². The summed E-state index contributed by atoms with van der Waals surface area (Å²) in [6, 6.07) is 15.6. The highest BCUT2D eigenvalue weighted by Gasteiger charge is 2.27. The molecule has 1 saturated heterocycles. The van der Waals surface area contributed by atoms with E-state index in [1.807, 2.05) is 36.6 Å². The highest BCUT2D eigenvalue weighted by Crippen LogP contribution is 2.24. The van der Waals surface area contributed by atoms with Gasteiger partial charge >= 0.3 is 5.97 Å². The van der Waals surface area contributed by atoms with Gasteiger partial charge in [-0.1, -0.05) is 12.1 Å². The molecule has 2 amide bonds. The van der Waals surface area contributed by atoms with Crippen LogP contribution in [0.5, 0.6) is 5.75 Å². The fraction of sp³-hybridized carbons (Fsp3) is 0.269. The third-order valence-electron chi connectivity index (χ3n) is 6.18. The molecule has 8 heteroatoms. The number of piperazine rings is 1. The first-order valence-electron chi connectivity index (χ1n) is 11.1. The van der Waals surface area contributed by atoms with E-state index in [0.29, 0.717) is 48.7 Å². The molecule has 1 N–H and O–H groups in total. The van der Waals surface area contributed by atoms with Crippen molar-refractivity contribution in [2.45, 2.75) is 13.8 Å². The molecular formula is C26H27N3O5. The van der Waals surface area contributed by atoms with Crippen molar-refractivity contribution in [3.8, 4) is 11.4 Å². The summed E-state index contributed by atoms with van der Waals surface area (Å²) in [6.45, 7) is 5.36. The molecule has 1 aromatic heterocycles. The third kappa shape index (κ3) is 4.26. The number of carbonyl (C=O) groups excluding carboxylic acids is 2. The number of methoxy groups -OCH3 is 1. The second-order valence-corrected chi connectivity index (χ2v) is 8.27. The number of ether oxygens (including phenoxy) is 1. The molecule has 1 aliphatic heterocycles. The number of hydrogen-bond acceptors (Lipinski definition) is 4. The van der Waals surface area contributed by atoms with Crippen LogP contribution in [0.15, 0.2) is 54.6 Å². The van der Waals surface area contributed by atoms with Crippen LogP contribution in [0.25, 0.3) is 5.69 Å². The van der Waals surface area contributed by atoms with Crippen molar-refractivity contribution in [1.29, 1.82) is 0 Å². The third-order valence-corrected chi connectivity index (χ3v) is 6.18. The van der Waals surface area contributed by atoms with Crippen LogP contribution in [0, 0.1) is 13.8 Å². The molecule has 4 rings (SSSR count). The maximum Gasteiger partial charge on any atom is 0.337 e. The zero-order valence-electron chi connectivity index (χ0n) is 19.4. The standard InChI is InChI=1S/C26H27N3O5/c1-17-8-9-18(2)29(17)22-16-19(10-11-20(22)26(32)33)24(30)27-12-14-28(15-13-27)25(31)21-6-4-5-7-23(21)34-3/h4-11,16H,12-15H2,1-3H3,(H,32,33). The van der Waals surface area contributed by atoms with Gasteiger partial charge in [0.25, 0.3) is 11.8 Å². The minimum Gasteiger partial charge on any atom is -0.496 e. The normalized spacial score (nSPS) is 13.6. The van der Waals surface area contributed by atoms with Gasteiger partial charge in [0, 0.05) is 43.1 Å². The summed E-state index contributed by atoms with van der Waals surface area (Å²) < 4.78 is 7.14. The van der Waals surface area contributed by atoms with Crippen molar-refractivity contribution in [2.24, 2.45) is 0 Å². The number of rotatable bonds is 5. The molecule has 34 heavy (non-hydrogen) atoms. The molecule has 0 radical (unpaired) electrons. The largest absolute Gasteiger partial charge is 0.496 e. The molecule has 1 fully saturated rings. The second kappa shape index (κ2) is 9.43. The number of carboxylic acids is 1. The van der Waals surface area contributed by atoms with Crippen LogP contribution in [0.1, 0.15) is 42.5 Å². The van der Waals surface area contributed by atoms with E-state index < -0.39 is 5.97 Å². The molecular weight excluding hydrogens is 434 g/mol. The van der Waals surface area contributed by atoms with E-state index in [9.17, 15) is 19.5 Å².